The Balaban J connectivity index is 2.62. The van der Waals surface area contributed by atoms with Gasteiger partial charge >= 0.3 is 0 Å². The summed E-state index contributed by atoms with van der Waals surface area (Å²) in [6.45, 7) is 1.72. The number of hydrogen-bond acceptors (Lipinski definition) is 4. The van der Waals surface area contributed by atoms with Crippen LogP contribution in [0.5, 0.6) is 5.75 Å². The molecule has 0 saturated carbocycles. The topological polar surface area (TPSA) is 63.6 Å². The van der Waals surface area contributed by atoms with Gasteiger partial charge in [-0.15, -0.1) is 0 Å². The average Bonchev–Trinajstić information content (AvgIpc) is 2.24. The van der Waals surface area contributed by atoms with Crippen LogP contribution in [0, 0.1) is 5.82 Å². The lowest BCUT2D eigenvalue weighted by atomic mass is 10.1. The highest BCUT2D eigenvalue weighted by molar-refractivity contribution is 7.90. The van der Waals surface area contributed by atoms with Crippen molar-refractivity contribution < 1.29 is 22.7 Å². The fourth-order valence-corrected chi connectivity index (χ4v) is 2.12. The zero-order chi connectivity index (χ0) is 13.8. The number of sulfone groups is 1. The Hall–Kier alpha value is -1.14. The van der Waals surface area contributed by atoms with Crippen molar-refractivity contribution in [3.63, 3.8) is 0 Å². The van der Waals surface area contributed by atoms with Crippen LogP contribution in [0.2, 0.25) is 0 Å². The SMILES string of the molecule is C[C@@H](O)c1cc(F)ccc1OCCCS(C)(=O)=O. The summed E-state index contributed by atoms with van der Waals surface area (Å²) in [4.78, 5) is 0. The largest absolute Gasteiger partial charge is 0.493 e. The van der Waals surface area contributed by atoms with E-state index in [4.69, 9.17) is 4.74 Å². The Bertz CT molecular complexity index is 497. The fraction of sp³-hybridized carbons (Fsp3) is 0.500. The number of rotatable bonds is 6. The van der Waals surface area contributed by atoms with Gasteiger partial charge in [0.2, 0.25) is 0 Å². The molecule has 6 heteroatoms. The summed E-state index contributed by atoms with van der Waals surface area (Å²) < 4.78 is 40.2. The number of benzene rings is 1. The van der Waals surface area contributed by atoms with E-state index in [2.05, 4.69) is 0 Å². The van der Waals surface area contributed by atoms with E-state index < -0.39 is 21.8 Å². The summed E-state index contributed by atoms with van der Waals surface area (Å²) >= 11 is 0. The highest BCUT2D eigenvalue weighted by Crippen LogP contribution is 2.26. The first-order valence-corrected chi connectivity index (χ1v) is 7.63. The normalized spacial score (nSPS) is 13.3. The maximum absolute atomic E-state index is 13.0. The van der Waals surface area contributed by atoms with Gasteiger partial charge in [0.15, 0.2) is 0 Å². The van der Waals surface area contributed by atoms with Crippen molar-refractivity contribution in [2.45, 2.75) is 19.4 Å². The summed E-state index contributed by atoms with van der Waals surface area (Å²) in [5, 5.41) is 9.47. The van der Waals surface area contributed by atoms with Crippen molar-refractivity contribution >= 4 is 9.84 Å². The molecule has 0 amide bonds. The maximum atomic E-state index is 13.0. The monoisotopic (exact) mass is 276 g/mol. The highest BCUT2D eigenvalue weighted by Gasteiger charge is 2.11. The van der Waals surface area contributed by atoms with Crippen LogP contribution in [0.4, 0.5) is 4.39 Å². The lowest BCUT2D eigenvalue weighted by molar-refractivity contribution is 0.190. The summed E-state index contributed by atoms with van der Waals surface area (Å²) in [5.74, 6) is -0.0348. The van der Waals surface area contributed by atoms with Gasteiger partial charge in [-0.1, -0.05) is 0 Å². The van der Waals surface area contributed by atoms with Crippen molar-refractivity contribution in [2.75, 3.05) is 18.6 Å². The first-order valence-electron chi connectivity index (χ1n) is 5.57. The lowest BCUT2D eigenvalue weighted by Gasteiger charge is -2.13. The van der Waals surface area contributed by atoms with Crippen molar-refractivity contribution in [1.82, 2.24) is 0 Å². The Morgan fingerprint density at radius 1 is 1.44 bits per heavy atom. The van der Waals surface area contributed by atoms with Gasteiger partial charge < -0.3 is 9.84 Å². The highest BCUT2D eigenvalue weighted by atomic mass is 32.2. The molecule has 102 valence electrons. The lowest BCUT2D eigenvalue weighted by Crippen LogP contribution is -2.09. The Morgan fingerprint density at radius 3 is 2.67 bits per heavy atom. The number of hydrogen-bond donors (Lipinski definition) is 1. The van der Waals surface area contributed by atoms with E-state index in [9.17, 15) is 17.9 Å². The van der Waals surface area contributed by atoms with Crippen LogP contribution in [0.3, 0.4) is 0 Å². The van der Waals surface area contributed by atoms with Crippen LogP contribution in [0.25, 0.3) is 0 Å². The average molecular weight is 276 g/mol. The number of aliphatic hydroxyl groups excluding tert-OH is 1. The second-order valence-electron chi connectivity index (χ2n) is 4.19. The van der Waals surface area contributed by atoms with Crippen molar-refractivity contribution in [2.24, 2.45) is 0 Å². The van der Waals surface area contributed by atoms with Crippen LogP contribution < -0.4 is 4.74 Å². The predicted molar refractivity (Wildman–Crippen MR) is 66.9 cm³/mol. The van der Waals surface area contributed by atoms with E-state index in [-0.39, 0.29) is 12.4 Å². The van der Waals surface area contributed by atoms with Crippen molar-refractivity contribution in [1.29, 1.82) is 0 Å². The van der Waals surface area contributed by atoms with Crippen LogP contribution in [0.1, 0.15) is 25.0 Å². The molecule has 0 heterocycles. The minimum atomic E-state index is -3.00. The molecular formula is C12H17FO4S. The molecule has 4 nitrogen and oxygen atoms in total. The first-order chi connectivity index (χ1) is 8.29. The van der Waals surface area contributed by atoms with E-state index in [1.165, 1.54) is 25.1 Å². The first kappa shape index (κ1) is 14.9. The molecule has 0 aliphatic heterocycles. The van der Waals surface area contributed by atoms with Gasteiger partial charge in [0.1, 0.15) is 21.4 Å². The standard InChI is InChI=1S/C12H17FO4S/c1-9(14)11-8-10(13)4-5-12(11)17-6-3-7-18(2,15)16/h4-5,8-9,14H,3,6-7H2,1-2H3/t9-/m1/s1. The van der Waals surface area contributed by atoms with E-state index in [1.807, 2.05) is 0 Å². The maximum Gasteiger partial charge on any atom is 0.147 e. The Labute approximate surface area is 106 Å². The molecule has 0 fully saturated rings. The summed E-state index contributed by atoms with van der Waals surface area (Å²) in [5.41, 5.74) is 0.356. The smallest absolute Gasteiger partial charge is 0.147 e. The molecule has 1 N–H and O–H groups in total. The summed E-state index contributed by atoms with van der Waals surface area (Å²) in [6.07, 6.45) is 0.673. The number of halogens is 1. The molecule has 0 aliphatic carbocycles. The zero-order valence-electron chi connectivity index (χ0n) is 10.4. The van der Waals surface area contributed by atoms with Crippen molar-refractivity contribution in [3.05, 3.63) is 29.6 Å². The fourth-order valence-electron chi connectivity index (χ4n) is 1.48. The molecule has 0 aromatic heterocycles. The molecule has 0 spiro atoms. The Kier molecular flexibility index (Phi) is 5.10. The molecule has 1 aromatic carbocycles. The van der Waals surface area contributed by atoms with Gasteiger partial charge in [0.25, 0.3) is 0 Å². The predicted octanol–water partition coefficient (Wildman–Crippen LogP) is 1.69. The van der Waals surface area contributed by atoms with Gasteiger partial charge in [0.05, 0.1) is 18.5 Å². The zero-order valence-corrected chi connectivity index (χ0v) is 11.2. The third-order valence-corrected chi connectivity index (χ3v) is 3.37. The second kappa shape index (κ2) is 6.15. The van der Waals surface area contributed by atoms with Crippen LogP contribution in [0.15, 0.2) is 18.2 Å². The molecular weight excluding hydrogens is 259 g/mol. The third kappa shape index (κ3) is 5.01. The molecule has 18 heavy (non-hydrogen) atoms. The summed E-state index contributed by atoms with van der Waals surface area (Å²) in [7, 11) is -3.00. The third-order valence-electron chi connectivity index (χ3n) is 2.34. The van der Waals surface area contributed by atoms with Gasteiger partial charge in [-0.2, -0.15) is 0 Å². The van der Waals surface area contributed by atoms with E-state index >= 15 is 0 Å². The molecule has 1 atom stereocenters. The number of aliphatic hydroxyl groups is 1. The molecule has 0 unspecified atom stereocenters. The molecule has 0 aliphatic rings. The van der Waals surface area contributed by atoms with Crippen molar-refractivity contribution in [3.8, 4) is 5.75 Å². The van der Waals surface area contributed by atoms with E-state index in [0.29, 0.717) is 17.7 Å². The molecule has 0 bridgehead atoms. The van der Waals surface area contributed by atoms with E-state index in [0.717, 1.165) is 6.26 Å². The number of ether oxygens (including phenoxy) is 1. The van der Waals surface area contributed by atoms with E-state index in [1.54, 1.807) is 0 Å². The molecule has 1 aromatic rings. The minimum absolute atomic E-state index is 0.0399. The minimum Gasteiger partial charge on any atom is -0.493 e. The van der Waals surface area contributed by atoms with Gasteiger partial charge in [-0.3, -0.25) is 0 Å². The van der Waals surface area contributed by atoms with Gasteiger partial charge in [-0.05, 0) is 31.5 Å². The molecule has 0 saturated heterocycles. The van der Waals surface area contributed by atoms with Crippen LogP contribution in [-0.2, 0) is 9.84 Å². The quantitative estimate of drug-likeness (QED) is 0.803. The van der Waals surface area contributed by atoms with Crippen LogP contribution >= 0.6 is 0 Å². The van der Waals surface area contributed by atoms with Gasteiger partial charge in [-0.25, -0.2) is 12.8 Å². The van der Waals surface area contributed by atoms with Gasteiger partial charge in [0, 0.05) is 11.8 Å². The Morgan fingerprint density at radius 2 is 2.11 bits per heavy atom. The summed E-state index contributed by atoms with van der Waals surface area (Å²) in [6, 6.07) is 3.87. The molecule has 0 radical (unpaired) electrons. The molecule has 1 rings (SSSR count). The van der Waals surface area contributed by atoms with Crippen LogP contribution in [-0.4, -0.2) is 32.1 Å². The second-order valence-corrected chi connectivity index (χ2v) is 6.45.